The van der Waals surface area contributed by atoms with Gasteiger partial charge in [-0.05, 0) is 31.9 Å². The Morgan fingerprint density at radius 3 is 2.89 bits per heavy atom. The largest absolute Gasteiger partial charge is 0.366 e. The van der Waals surface area contributed by atoms with Gasteiger partial charge in [0.15, 0.2) is 0 Å². The first-order chi connectivity index (χ1) is 8.72. The van der Waals surface area contributed by atoms with E-state index in [9.17, 15) is 0 Å². The molecule has 1 fully saturated rings. The van der Waals surface area contributed by atoms with Crippen LogP contribution in [0.3, 0.4) is 0 Å². The van der Waals surface area contributed by atoms with Crippen LogP contribution in [0.2, 0.25) is 0 Å². The van der Waals surface area contributed by atoms with E-state index in [0.29, 0.717) is 6.04 Å². The summed E-state index contributed by atoms with van der Waals surface area (Å²) in [5.74, 6) is 3.08. The van der Waals surface area contributed by atoms with Crippen molar-refractivity contribution in [2.45, 2.75) is 57.7 Å². The maximum absolute atomic E-state index is 4.51. The van der Waals surface area contributed by atoms with Gasteiger partial charge in [-0.25, -0.2) is 9.97 Å². The van der Waals surface area contributed by atoms with E-state index in [1.165, 1.54) is 25.0 Å². The molecule has 0 aliphatic heterocycles. The lowest BCUT2D eigenvalue weighted by molar-refractivity contribution is 0.758. The van der Waals surface area contributed by atoms with Crippen molar-refractivity contribution in [3.63, 3.8) is 0 Å². The quantitative estimate of drug-likeness (QED) is 0.885. The highest BCUT2D eigenvalue weighted by Crippen LogP contribution is 2.31. The standard InChI is InChI=1S/C14H23N3S/c1-4-11-9-14(16-10(3)15-11)17-12-7-6-8-13(12)18-5-2/h9,12-13H,4-8H2,1-3H3,(H,15,16,17). The predicted octanol–water partition coefficient (Wildman–Crippen LogP) is 3.43. The molecule has 0 saturated heterocycles. The van der Waals surface area contributed by atoms with Crippen molar-refractivity contribution in [1.82, 2.24) is 9.97 Å². The Bertz CT molecular complexity index is 395. The van der Waals surface area contributed by atoms with Crippen molar-refractivity contribution in [2.24, 2.45) is 0 Å². The summed E-state index contributed by atoms with van der Waals surface area (Å²) in [6.07, 6.45) is 4.90. The van der Waals surface area contributed by atoms with Crippen LogP contribution in [0.5, 0.6) is 0 Å². The van der Waals surface area contributed by atoms with Gasteiger partial charge in [-0.1, -0.05) is 20.3 Å². The Labute approximate surface area is 114 Å². The molecule has 100 valence electrons. The minimum atomic E-state index is 0.578. The van der Waals surface area contributed by atoms with Gasteiger partial charge in [0, 0.05) is 23.1 Å². The second-order valence-electron chi connectivity index (χ2n) is 4.82. The van der Waals surface area contributed by atoms with Crippen LogP contribution in [0, 0.1) is 6.92 Å². The smallest absolute Gasteiger partial charge is 0.130 e. The Balaban J connectivity index is 2.06. The normalized spacial score (nSPS) is 23.3. The Morgan fingerprint density at radius 1 is 1.33 bits per heavy atom. The van der Waals surface area contributed by atoms with E-state index in [2.05, 4.69) is 47.0 Å². The van der Waals surface area contributed by atoms with Gasteiger partial charge in [-0.3, -0.25) is 0 Å². The van der Waals surface area contributed by atoms with E-state index in [1.54, 1.807) is 0 Å². The molecule has 1 aromatic heterocycles. The summed E-state index contributed by atoms with van der Waals surface area (Å²) < 4.78 is 0. The summed E-state index contributed by atoms with van der Waals surface area (Å²) in [7, 11) is 0. The van der Waals surface area contributed by atoms with Crippen molar-refractivity contribution >= 4 is 17.6 Å². The predicted molar refractivity (Wildman–Crippen MR) is 79.3 cm³/mol. The molecule has 0 radical (unpaired) electrons. The first-order valence-electron chi connectivity index (χ1n) is 6.95. The first-order valence-corrected chi connectivity index (χ1v) is 8.00. The molecule has 1 aliphatic carbocycles. The van der Waals surface area contributed by atoms with Gasteiger partial charge in [0.1, 0.15) is 11.6 Å². The maximum Gasteiger partial charge on any atom is 0.130 e. The molecule has 2 rings (SSSR count). The lowest BCUT2D eigenvalue weighted by Crippen LogP contribution is -2.27. The molecule has 1 saturated carbocycles. The Morgan fingerprint density at radius 2 is 2.17 bits per heavy atom. The highest BCUT2D eigenvalue weighted by Gasteiger charge is 2.27. The fourth-order valence-corrected chi connectivity index (χ4v) is 3.78. The maximum atomic E-state index is 4.51. The molecular formula is C14H23N3S. The van der Waals surface area contributed by atoms with Gasteiger partial charge in [-0.15, -0.1) is 0 Å². The molecule has 2 atom stereocenters. The fourth-order valence-electron chi connectivity index (χ4n) is 2.58. The fraction of sp³-hybridized carbons (Fsp3) is 0.714. The number of anilines is 1. The average Bonchev–Trinajstić information content (AvgIpc) is 2.76. The average molecular weight is 265 g/mol. The molecular weight excluding hydrogens is 242 g/mol. The van der Waals surface area contributed by atoms with Crippen molar-refractivity contribution in [2.75, 3.05) is 11.1 Å². The second kappa shape index (κ2) is 6.41. The number of thioether (sulfide) groups is 1. The van der Waals surface area contributed by atoms with Gasteiger partial charge in [-0.2, -0.15) is 11.8 Å². The summed E-state index contributed by atoms with van der Waals surface area (Å²) in [5.41, 5.74) is 1.13. The molecule has 3 nitrogen and oxygen atoms in total. The van der Waals surface area contributed by atoms with E-state index in [-0.39, 0.29) is 0 Å². The molecule has 1 aromatic rings. The summed E-state index contributed by atoms with van der Waals surface area (Å²) in [6, 6.07) is 2.67. The van der Waals surface area contributed by atoms with Crippen molar-refractivity contribution < 1.29 is 0 Å². The van der Waals surface area contributed by atoms with Gasteiger partial charge in [0.25, 0.3) is 0 Å². The van der Waals surface area contributed by atoms with E-state index in [1.807, 2.05) is 6.92 Å². The summed E-state index contributed by atoms with van der Waals surface area (Å²) in [6.45, 7) is 6.35. The minimum absolute atomic E-state index is 0.578. The molecule has 1 N–H and O–H groups in total. The van der Waals surface area contributed by atoms with Crippen LogP contribution in [0.25, 0.3) is 0 Å². The third kappa shape index (κ3) is 3.37. The molecule has 0 spiro atoms. The number of aromatic nitrogens is 2. The minimum Gasteiger partial charge on any atom is -0.366 e. The number of hydrogen-bond acceptors (Lipinski definition) is 4. The van der Waals surface area contributed by atoms with Gasteiger partial charge in [0.05, 0.1) is 0 Å². The lowest BCUT2D eigenvalue weighted by Gasteiger charge is -2.21. The highest BCUT2D eigenvalue weighted by molar-refractivity contribution is 7.99. The third-order valence-electron chi connectivity index (χ3n) is 3.42. The molecule has 0 aromatic carbocycles. The van der Waals surface area contributed by atoms with Crippen LogP contribution in [0.4, 0.5) is 5.82 Å². The highest BCUT2D eigenvalue weighted by atomic mass is 32.2. The molecule has 2 unspecified atom stereocenters. The van der Waals surface area contributed by atoms with Crippen molar-refractivity contribution in [3.05, 3.63) is 17.6 Å². The van der Waals surface area contributed by atoms with Crippen molar-refractivity contribution in [3.8, 4) is 0 Å². The van der Waals surface area contributed by atoms with Crippen LogP contribution in [0.15, 0.2) is 6.07 Å². The van der Waals surface area contributed by atoms with E-state index in [4.69, 9.17) is 0 Å². The van der Waals surface area contributed by atoms with Crippen LogP contribution < -0.4 is 5.32 Å². The van der Waals surface area contributed by atoms with E-state index in [0.717, 1.165) is 29.0 Å². The van der Waals surface area contributed by atoms with Crippen LogP contribution >= 0.6 is 11.8 Å². The second-order valence-corrected chi connectivity index (χ2v) is 6.34. The number of aryl methyl sites for hydroxylation is 2. The molecule has 1 heterocycles. The van der Waals surface area contributed by atoms with E-state index >= 15 is 0 Å². The molecule has 0 amide bonds. The molecule has 18 heavy (non-hydrogen) atoms. The zero-order valence-corrected chi connectivity index (χ0v) is 12.4. The van der Waals surface area contributed by atoms with Gasteiger partial charge < -0.3 is 5.32 Å². The number of nitrogens with zero attached hydrogens (tertiary/aromatic N) is 2. The number of nitrogens with one attached hydrogen (secondary N) is 1. The SMILES string of the molecule is CCSC1CCCC1Nc1cc(CC)nc(C)n1. The van der Waals surface area contributed by atoms with E-state index < -0.39 is 0 Å². The molecule has 4 heteroatoms. The molecule has 0 bridgehead atoms. The summed E-state index contributed by atoms with van der Waals surface area (Å²) in [5, 5.41) is 4.37. The lowest BCUT2D eigenvalue weighted by atomic mass is 10.2. The monoisotopic (exact) mass is 265 g/mol. The van der Waals surface area contributed by atoms with Crippen LogP contribution in [0.1, 0.15) is 44.6 Å². The first kappa shape index (κ1) is 13.7. The zero-order chi connectivity index (χ0) is 13.0. The number of hydrogen-bond donors (Lipinski definition) is 1. The topological polar surface area (TPSA) is 37.8 Å². The van der Waals surface area contributed by atoms with Gasteiger partial charge in [0.2, 0.25) is 0 Å². The summed E-state index contributed by atoms with van der Waals surface area (Å²) >= 11 is 2.07. The number of rotatable bonds is 5. The molecule has 1 aliphatic rings. The Hall–Kier alpha value is -0.770. The van der Waals surface area contributed by atoms with Crippen LogP contribution in [-0.4, -0.2) is 27.0 Å². The zero-order valence-electron chi connectivity index (χ0n) is 11.6. The van der Waals surface area contributed by atoms with Gasteiger partial charge >= 0.3 is 0 Å². The third-order valence-corrected chi connectivity index (χ3v) is 4.75. The Kier molecular flexibility index (Phi) is 4.87. The van der Waals surface area contributed by atoms with Crippen molar-refractivity contribution in [1.29, 1.82) is 0 Å². The summed E-state index contributed by atoms with van der Waals surface area (Å²) in [4.78, 5) is 8.93. The van der Waals surface area contributed by atoms with Crippen LogP contribution in [-0.2, 0) is 6.42 Å².